The molecule has 0 unspecified atom stereocenters. The normalized spacial score (nSPS) is 11.1. The molecule has 2 aromatic rings. The van der Waals surface area contributed by atoms with Crippen molar-refractivity contribution in [3.05, 3.63) is 52.3 Å². The number of ether oxygens (including phenoxy) is 1. The molecule has 2 rings (SSSR count). The minimum absolute atomic E-state index is 0.0127. The zero-order valence-corrected chi connectivity index (χ0v) is 15.8. The Bertz CT molecular complexity index is 781. The Hall–Kier alpha value is -2.61. The van der Waals surface area contributed by atoms with Crippen LogP contribution >= 0.6 is 15.9 Å². The summed E-state index contributed by atoms with van der Waals surface area (Å²) >= 11 is 3.27. The summed E-state index contributed by atoms with van der Waals surface area (Å²) in [6, 6.07) is 8.79. The number of hydrogen-bond acceptors (Lipinski definition) is 4. The summed E-state index contributed by atoms with van der Waals surface area (Å²) in [6.07, 6.45) is 1.67. The second-order valence-corrected chi connectivity index (χ2v) is 6.39. The van der Waals surface area contributed by atoms with Gasteiger partial charge in [0.05, 0.1) is 5.71 Å². The zero-order valence-electron chi connectivity index (χ0n) is 14.2. The standard InChI is InChI=1S/C17H19BrN4O3/c1-11(20-21-17(24)15-8-13(18)9-19-15)12-4-6-14(7-5-12)25-10-16(23)22(2)3/h4-9,19H,10H2,1-3H3,(H,21,24)/b20-11-. The van der Waals surface area contributed by atoms with Crippen LogP contribution in [0.1, 0.15) is 23.0 Å². The molecule has 7 nitrogen and oxygen atoms in total. The molecule has 0 fully saturated rings. The number of carbonyl (C=O) groups excluding carboxylic acids is 2. The average Bonchev–Trinajstić information content (AvgIpc) is 3.04. The van der Waals surface area contributed by atoms with Gasteiger partial charge in [-0.15, -0.1) is 0 Å². The molecule has 0 spiro atoms. The summed E-state index contributed by atoms with van der Waals surface area (Å²) in [5.74, 6) is 0.153. The molecule has 0 aliphatic heterocycles. The number of H-pyrrole nitrogens is 1. The number of rotatable bonds is 6. The SMILES string of the molecule is C/C(=N/NC(=O)c1cc(Br)c[nH]1)c1ccc(OCC(=O)N(C)C)cc1. The molecule has 0 atom stereocenters. The van der Waals surface area contributed by atoms with Crippen molar-refractivity contribution in [2.75, 3.05) is 20.7 Å². The molecule has 2 N–H and O–H groups in total. The molecular formula is C17H19BrN4O3. The number of carbonyl (C=O) groups is 2. The van der Waals surface area contributed by atoms with Crippen LogP contribution < -0.4 is 10.2 Å². The molecule has 8 heteroatoms. The highest BCUT2D eigenvalue weighted by atomic mass is 79.9. The van der Waals surface area contributed by atoms with E-state index in [1.807, 2.05) is 12.1 Å². The molecule has 25 heavy (non-hydrogen) atoms. The van der Waals surface area contributed by atoms with Crippen LogP contribution in [-0.2, 0) is 4.79 Å². The lowest BCUT2D eigenvalue weighted by Gasteiger charge is -2.11. The van der Waals surface area contributed by atoms with Gasteiger partial charge in [0.25, 0.3) is 11.8 Å². The van der Waals surface area contributed by atoms with Gasteiger partial charge in [-0.2, -0.15) is 5.10 Å². The van der Waals surface area contributed by atoms with Gasteiger partial charge in [0.15, 0.2) is 6.61 Å². The molecule has 1 aromatic heterocycles. The summed E-state index contributed by atoms with van der Waals surface area (Å²) < 4.78 is 6.21. The number of hydrogen-bond donors (Lipinski definition) is 2. The van der Waals surface area contributed by atoms with E-state index < -0.39 is 0 Å². The van der Waals surface area contributed by atoms with E-state index in [9.17, 15) is 9.59 Å². The number of aromatic nitrogens is 1. The zero-order chi connectivity index (χ0) is 18.4. The highest BCUT2D eigenvalue weighted by molar-refractivity contribution is 9.10. The lowest BCUT2D eigenvalue weighted by Crippen LogP contribution is -2.27. The second-order valence-electron chi connectivity index (χ2n) is 5.47. The van der Waals surface area contributed by atoms with Crippen LogP contribution in [0, 0.1) is 0 Å². The van der Waals surface area contributed by atoms with Gasteiger partial charge in [-0.1, -0.05) is 0 Å². The maximum Gasteiger partial charge on any atom is 0.287 e. The van der Waals surface area contributed by atoms with Crippen molar-refractivity contribution in [1.82, 2.24) is 15.3 Å². The predicted molar refractivity (Wildman–Crippen MR) is 98.8 cm³/mol. The first-order valence-electron chi connectivity index (χ1n) is 7.48. The monoisotopic (exact) mass is 406 g/mol. The van der Waals surface area contributed by atoms with Gasteiger partial charge in [-0.05, 0) is 58.7 Å². The van der Waals surface area contributed by atoms with Crippen molar-refractivity contribution < 1.29 is 14.3 Å². The van der Waals surface area contributed by atoms with Crippen molar-refractivity contribution in [2.45, 2.75) is 6.92 Å². The lowest BCUT2D eigenvalue weighted by molar-refractivity contribution is -0.130. The Balaban J connectivity index is 1.94. The van der Waals surface area contributed by atoms with Crippen molar-refractivity contribution in [2.24, 2.45) is 5.10 Å². The highest BCUT2D eigenvalue weighted by Gasteiger charge is 2.08. The van der Waals surface area contributed by atoms with E-state index in [0.717, 1.165) is 10.0 Å². The fourth-order valence-corrected chi connectivity index (χ4v) is 2.17. The number of nitrogens with zero attached hydrogens (tertiary/aromatic N) is 2. The molecule has 0 radical (unpaired) electrons. The van der Waals surface area contributed by atoms with E-state index in [2.05, 4.69) is 31.4 Å². The molecule has 0 saturated carbocycles. The third-order valence-electron chi connectivity index (χ3n) is 3.35. The third kappa shape index (κ3) is 5.46. The van der Waals surface area contributed by atoms with Gasteiger partial charge in [0.1, 0.15) is 11.4 Å². The fourth-order valence-electron chi connectivity index (χ4n) is 1.82. The molecule has 0 saturated heterocycles. The summed E-state index contributed by atoms with van der Waals surface area (Å²) in [6.45, 7) is 1.78. The Kier molecular flexibility index (Phi) is 6.35. The van der Waals surface area contributed by atoms with Gasteiger partial charge in [0.2, 0.25) is 0 Å². The largest absolute Gasteiger partial charge is 0.484 e. The van der Waals surface area contributed by atoms with Crippen molar-refractivity contribution in [3.8, 4) is 5.75 Å². The lowest BCUT2D eigenvalue weighted by atomic mass is 10.1. The van der Waals surface area contributed by atoms with Gasteiger partial charge < -0.3 is 14.6 Å². The fraction of sp³-hybridized carbons (Fsp3) is 0.235. The topological polar surface area (TPSA) is 86.8 Å². The number of nitrogens with one attached hydrogen (secondary N) is 2. The number of amides is 2. The van der Waals surface area contributed by atoms with Crippen LogP contribution in [-0.4, -0.2) is 48.1 Å². The molecule has 0 aliphatic rings. The van der Waals surface area contributed by atoms with Crippen LogP contribution in [0.3, 0.4) is 0 Å². The maximum atomic E-state index is 11.9. The maximum absolute atomic E-state index is 11.9. The Morgan fingerprint density at radius 2 is 1.96 bits per heavy atom. The number of benzene rings is 1. The molecule has 1 heterocycles. The second kappa shape index (κ2) is 8.48. The van der Waals surface area contributed by atoms with E-state index in [1.165, 1.54) is 4.90 Å². The minimum atomic E-state index is -0.327. The van der Waals surface area contributed by atoms with Crippen LogP contribution in [0.2, 0.25) is 0 Å². The van der Waals surface area contributed by atoms with Crippen molar-refractivity contribution >= 4 is 33.5 Å². The first-order chi connectivity index (χ1) is 11.9. The van der Waals surface area contributed by atoms with Crippen LogP contribution in [0.25, 0.3) is 0 Å². The van der Waals surface area contributed by atoms with Crippen LogP contribution in [0.5, 0.6) is 5.75 Å². The minimum Gasteiger partial charge on any atom is -0.484 e. The van der Waals surface area contributed by atoms with E-state index >= 15 is 0 Å². The van der Waals surface area contributed by atoms with Gasteiger partial charge in [-0.3, -0.25) is 9.59 Å². The van der Waals surface area contributed by atoms with Gasteiger partial charge in [-0.25, -0.2) is 5.43 Å². The molecule has 2 amide bonds. The van der Waals surface area contributed by atoms with Crippen LogP contribution in [0.4, 0.5) is 0 Å². The molecule has 0 bridgehead atoms. The third-order valence-corrected chi connectivity index (χ3v) is 3.81. The summed E-state index contributed by atoms with van der Waals surface area (Å²) in [5.41, 5.74) is 4.39. The molecular weight excluding hydrogens is 388 g/mol. The van der Waals surface area contributed by atoms with E-state index in [4.69, 9.17) is 4.74 Å². The van der Waals surface area contributed by atoms with Gasteiger partial charge in [0, 0.05) is 24.8 Å². The summed E-state index contributed by atoms with van der Waals surface area (Å²) in [5, 5.41) is 4.09. The number of likely N-dealkylation sites (N-methyl/N-ethyl adjacent to an activating group) is 1. The van der Waals surface area contributed by atoms with Gasteiger partial charge >= 0.3 is 0 Å². The van der Waals surface area contributed by atoms with E-state index in [-0.39, 0.29) is 18.4 Å². The number of hydrazone groups is 1. The Morgan fingerprint density at radius 3 is 2.52 bits per heavy atom. The van der Waals surface area contributed by atoms with E-state index in [1.54, 1.807) is 45.4 Å². The van der Waals surface area contributed by atoms with Crippen molar-refractivity contribution in [3.63, 3.8) is 0 Å². The summed E-state index contributed by atoms with van der Waals surface area (Å²) in [7, 11) is 3.35. The molecule has 1 aromatic carbocycles. The Labute approximate surface area is 154 Å². The molecule has 132 valence electrons. The first kappa shape index (κ1) is 18.7. The molecule has 0 aliphatic carbocycles. The smallest absolute Gasteiger partial charge is 0.287 e. The average molecular weight is 407 g/mol. The van der Waals surface area contributed by atoms with Crippen LogP contribution in [0.15, 0.2) is 46.1 Å². The Morgan fingerprint density at radius 1 is 1.28 bits per heavy atom. The quantitative estimate of drug-likeness (QED) is 0.570. The number of aromatic amines is 1. The number of halogens is 1. The summed E-state index contributed by atoms with van der Waals surface area (Å²) in [4.78, 5) is 27.7. The van der Waals surface area contributed by atoms with E-state index in [0.29, 0.717) is 17.2 Å². The highest BCUT2D eigenvalue weighted by Crippen LogP contribution is 2.13. The van der Waals surface area contributed by atoms with Crippen molar-refractivity contribution in [1.29, 1.82) is 0 Å². The first-order valence-corrected chi connectivity index (χ1v) is 8.28. The predicted octanol–water partition coefficient (Wildman–Crippen LogP) is 2.40.